The van der Waals surface area contributed by atoms with Gasteiger partial charge in [-0.25, -0.2) is 0 Å². The van der Waals surface area contributed by atoms with Crippen LogP contribution in [-0.4, -0.2) is 68.0 Å². The molecular formula is C21H33N3O3. The van der Waals surface area contributed by atoms with Crippen LogP contribution in [0, 0.1) is 0 Å². The second kappa shape index (κ2) is 10.8. The molecule has 0 bridgehead atoms. The smallest absolute Gasteiger partial charge is 0.224 e. The first kappa shape index (κ1) is 21.1. The molecule has 1 saturated heterocycles. The van der Waals surface area contributed by atoms with Crippen molar-refractivity contribution in [3.8, 4) is 5.75 Å². The number of rotatable bonds is 9. The number of hydrogen-bond acceptors (Lipinski definition) is 4. The number of hydrogen-bond donors (Lipinski definition) is 0. The van der Waals surface area contributed by atoms with Crippen molar-refractivity contribution in [3.05, 3.63) is 24.3 Å². The molecule has 1 aliphatic rings. The molecule has 0 aliphatic carbocycles. The average Bonchev–Trinajstić information content (AvgIpc) is 2.70. The van der Waals surface area contributed by atoms with Crippen LogP contribution >= 0.6 is 0 Å². The summed E-state index contributed by atoms with van der Waals surface area (Å²) in [5, 5.41) is 0. The molecule has 0 N–H and O–H groups in total. The summed E-state index contributed by atoms with van der Waals surface area (Å²) < 4.78 is 5.44. The third kappa shape index (κ3) is 6.15. The maximum absolute atomic E-state index is 12.6. The summed E-state index contributed by atoms with van der Waals surface area (Å²) in [5.41, 5.74) is 1.07. The van der Waals surface area contributed by atoms with Gasteiger partial charge in [-0.15, -0.1) is 0 Å². The van der Waals surface area contributed by atoms with Gasteiger partial charge in [0.15, 0.2) is 0 Å². The second-order valence-corrected chi connectivity index (χ2v) is 7.00. The third-order valence-corrected chi connectivity index (χ3v) is 5.13. The van der Waals surface area contributed by atoms with E-state index in [0.717, 1.165) is 50.3 Å². The molecule has 0 unspecified atom stereocenters. The zero-order valence-corrected chi connectivity index (χ0v) is 16.9. The number of piperazine rings is 1. The Labute approximate surface area is 163 Å². The highest BCUT2D eigenvalue weighted by Gasteiger charge is 2.23. The first-order valence-corrected chi connectivity index (χ1v) is 9.98. The molecule has 0 saturated carbocycles. The molecule has 1 aliphatic heterocycles. The topological polar surface area (TPSA) is 53.1 Å². The van der Waals surface area contributed by atoms with Crippen LogP contribution in [0.15, 0.2) is 24.3 Å². The molecule has 6 nitrogen and oxygen atoms in total. The van der Waals surface area contributed by atoms with Crippen LogP contribution in [0.1, 0.15) is 39.5 Å². The normalized spacial score (nSPS) is 14.2. The number of ether oxygens (including phenoxy) is 1. The van der Waals surface area contributed by atoms with E-state index in [0.29, 0.717) is 26.1 Å². The molecule has 0 atom stereocenters. The van der Waals surface area contributed by atoms with Crippen molar-refractivity contribution in [2.45, 2.75) is 39.5 Å². The van der Waals surface area contributed by atoms with Gasteiger partial charge in [0, 0.05) is 52.6 Å². The number of benzene rings is 1. The average molecular weight is 376 g/mol. The van der Waals surface area contributed by atoms with E-state index in [1.54, 1.807) is 18.9 Å². The highest BCUT2D eigenvalue weighted by molar-refractivity contribution is 5.78. The van der Waals surface area contributed by atoms with Gasteiger partial charge in [0.2, 0.25) is 11.8 Å². The van der Waals surface area contributed by atoms with Crippen molar-refractivity contribution >= 4 is 17.5 Å². The lowest BCUT2D eigenvalue weighted by molar-refractivity contribution is -0.133. The van der Waals surface area contributed by atoms with E-state index < -0.39 is 0 Å². The fraction of sp³-hybridized carbons (Fsp3) is 0.619. The van der Waals surface area contributed by atoms with E-state index >= 15 is 0 Å². The fourth-order valence-electron chi connectivity index (χ4n) is 3.46. The first-order valence-electron chi connectivity index (χ1n) is 9.98. The van der Waals surface area contributed by atoms with E-state index in [4.69, 9.17) is 4.74 Å². The molecule has 150 valence electrons. The van der Waals surface area contributed by atoms with E-state index in [-0.39, 0.29) is 11.8 Å². The van der Waals surface area contributed by atoms with Gasteiger partial charge in [0.25, 0.3) is 0 Å². The minimum absolute atomic E-state index is 0.0555. The Morgan fingerprint density at radius 3 is 2.41 bits per heavy atom. The summed E-state index contributed by atoms with van der Waals surface area (Å²) >= 11 is 0. The van der Waals surface area contributed by atoms with Gasteiger partial charge >= 0.3 is 0 Å². The fourth-order valence-corrected chi connectivity index (χ4v) is 3.46. The Morgan fingerprint density at radius 1 is 1.07 bits per heavy atom. The first-order chi connectivity index (χ1) is 13.1. The third-order valence-electron chi connectivity index (χ3n) is 5.13. The number of para-hydroxylation sites is 2. The van der Waals surface area contributed by atoms with Gasteiger partial charge in [0.05, 0.1) is 12.8 Å². The Hall–Kier alpha value is -2.24. The largest absolute Gasteiger partial charge is 0.495 e. The molecule has 1 aromatic rings. The summed E-state index contributed by atoms with van der Waals surface area (Å²) in [6, 6.07) is 7.98. The van der Waals surface area contributed by atoms with E-state index in [9.17, 15) is 9.59 Å². The van der Waals surface area contributed by atoms with Crippen molar-refractivity contribution in [2.24, 2.45) is 0 Å². The van der Waals surface area contributed by atoms with Crippen LogP contribution in [0.4, 0.5) is 5.69 Å². The number of anilines is 1. The van der Waals surface area contributed by atoms with Crippen LogP contribution < -0.4 is 9.64 Å². The number of nitrogens with zero attached hydrogens (tertiary/aromatic N) is 3. The summed E-state index contributed by atoms with van der Waals surface area (Å²) in [5.74, 6) is 1.05. The lowest BCUT2D eigenvalue weighted by Gasteiger charge is -2.37. The number of methoxy groups -OCH3 is 1. The van der Waals surface area contributed by atoms with Crippen LogP contribution in [0.5, 0.6) is 5.75 Å². The number of carbonyl (C=O) groups is 2. The number of unbranched alkanes of at least 4 members (excludes halogenated alkanes) is 2. The van der Waals surface area contributed by atoms with Crippen molar-refractivity contribution in [1.29, 1.82) is 0 Å². The summed E-state index contributed by atoms with van der Waals surface area (Å²) in [7, 11) is 1.68. The quantitative estimate of drug-likeness (QED) is 0.623. The van der Waals surface area contributed by atoms with Gasteiger partial charge < -0.3 is 19.4 Å². The molecule has 6 heteroatoms. The molecule has 1 fully saturated rings. The summed E-state index contributed by atoms with van der Waals surface area (Å²) in [6.45, 7) is 7.98. The zero-order valence-electron chi connectivity index (χ0n) is 16.9. The van der Waals surface area contributed by atoms with E-state index in [1.807, 2.05) is 23.1 Å². The van der Waals surface area contributed by atoms with Gasteiger partial charge in [-0.05, 0) is 18.6 Å². The SMILES string of the molecule is CCCCCN(CCC(=O)N1CCN(c2ccccc2OC)CC1)C(C)=O. The van der Waals surface area contributed by atoms with Crippen LogP contribution in [0.3, 0.4) is 0 Å². The van der Waals surface area contributed by atoms with Crippen molar-refractivity contribution in [1.82, 2.24) is 9.80 Å². The minimum Gasteiger partial charge on any atom is -0.495 e. The predicted molar refractivity (Wildman–Crippen MR) is 108 cm³/mol. The lowest BCUT2D eigenvalue weighted by atomic mass is 10.2. The number of carbonyl (C=O) groups excluding carboxylic acids is 2. The van der Waals surface area contributed by atoms with Gasteiger partial charge in [-0.3, -0.25) is 9.59 Å². The highest BCUT2D eigenvalue weighted by atomic mass is 16.5. The maximum Gasteiger partial charge on any atom is 0.224 e. The van der Waals surface area contributed by atoms with Gasteiger partial charge in [-0.1, -0.05) is 31.9 Å². The molecule has 2 amide bonds. The van der Waals surface area contributed by atoms with Gasteiger partial charge in [-0.2, -0.15) is 0 Å². The van der Waals surface area contributed by atoms with E-state index in [1.165, 1.54) is 0 Å². The Balaban J connectivity index is 1.81. The molecule has 1 aromatic carbocycles. The van der Waals surface area contributed by atoms with Crippen LogP contribution in [-0.2, 0) is 9.59 Å². The monoisotopic (exact) mass is 375 g/mol. The molecule has 2 rings (SSSR count). The molecule has 0 radical (unpaired) electrons. The Bertz CT molecular complexity index is 612. The van der Waals surface area contributed by atoms with Crippen LogP contribution in [0.25, 0.3) is 0 Å². The summed E-state index contributed by atoms with van der Waals surface area (Å²) in [4.78, 5) is 30.3. The van der Waals surface area contributed by atoms with E-state index in [2.05, 4.69) is 17.9 Å². The van der Waals surface area contributed by atoms with Crippen molar-refractivity contribution in [3.63, 3.8) is 0 Å². The molecular weight excluding hydrogens is 342 g/mol. The Kier molecular flexibility index (Phi) is 8.43. The Morgan fingerprint density at radius 2 is 1.78 bits per heavy atom. The molecule has 27 heavy (non-hydrogen) atoms. The second-order valence-electron chi connectivity index (χ2n) is 7.00. The van der Waals surface area contributed by atoms with Crippen molar-refractivity contribution < 1.29 is 14.3 Å². The highest BCUT2D eigenvalue weighted by Crippen LogP contribution is 2.28. The van der Waals surface area contributed by atoms with Crippen LogP contribution in [0.2, 0.25) is 0 Å². The predicted octanol–water partition coefficient (Wildman–Crippen LogP) is 2.77. The van der Waals surface area contributed by atoms with Gasteiger partial charge in [0.1, 0.15) is 5.75 Å². The maximum atomic E-state index is 12.6. The molecule has 0 spiro atoms. The van der Waals surface area contributed by atoms with Crippen molar-refractivity contribution in [2.75, 3.05) is 51.3 Å². The summed E-state index contributed by atoms with van der Waals surface area (Å²) in [6.07, 6.45) is 3.64. The standard InChI is InChI=1S/C21H33N3O3/c1-4-5-8-12-22(18(2)25)13-11-21(26)24-16-14-23(15-17-24)19-9-6-7-10-20(19)27-3/h6-7,9-10H,4-5,8,11-17H2,1-3H3. The number of amides is 2. The lowest BCUT2D eigenvalue weighted by Crippen LogP contribution is -2.49. The molecule has 0 aromatic heterocycles. The minimum atomic E-state index is 0.0555. The zero-order chi connectivity index (χ0) is 19.6. The molecule has 1 heterocycles.